The molecular weight excluding hydrogens is 236 g/mol. The second kappa shape index (κ2) is 5.87. The smallest absolute Gasteiger partial charge is 0.222 e. The number of anilines is 2. The van der Waals surface area contributed by atoms with E-state index in [1.807, 2.05) is 18.2 Å². The minimum Gasteiger partial charge on any atom is -0.368 e. The van der Waals surface area contributed by atoms with Crippen molar-refractivity contribution in [3.05, 3.63) is 24.3 Å². The monoisotopic (exact) mass is 258 g/mol. The van der Waals surface area contributed by atoms with Crippen molar-refractivity contribution in [2.24, 2.45) is 5.92 Å². The van der Waals surface area contributed by atoms with Crippen molar-refractivity contribution >= 4 is 22.7 Å². The van der Waals surface area contributed by atoms with Gasteiger partial charge in [-0.2, -0.15) is 4.98 Å². The fraction of sp³-hybridized carbons (Fsp3) is 0.467. The van der Waals surface area contributed by atoms with Crippen LogP contribution in [0, 0.1) is 5.92 Å². The van der Waals surface area contributed by atoms with Crippen molar-refractivity contribution in [2.45, 2.75) is 27.2 Å². The molecule has 0 spiro atoms. The number of benzene rings is 1. The number of fused-ring (bicyclic) bond motifs is 1. The van der Waals surface area contributed by atoms with E-state index >= 15 is 0 Å². The summed E-state index contributed by atoms with van der Waals surface area (Å²) in [6.45, 7) is 8.54. The van der Waals surface area contributed by atoms with E-state index in [-0.39, 0.29) is 0 Å². The summed E-state index contributed by atoms with van der Waals surface area (Å²) in [5, 5.41) is 1.07. The van der Waals surface area contributed by atoms with Crippen LogP contribution in [0.15, 0.2) is 24.3 Å². The first-order valence-electron chi connectivity index (χ1n) is 6.92. The number of nitrogens with two attached hydrogens (primary N) is 1. The van der Waals surface area contributed by atoms with E-state index in [9.17, 15) is 0 Å². The molecule has 1 aromatic carbocycles. The molecule has 1 atom stereocenters. The number of nitrogens with zero attached hydrogens (tertiary/aromatic N) is 3. The Kier molecular flexibility index (Phi) is 4.20. The third-order valence-corrected chi connectivity index (χ3v) is 3.51. The van der Waals surface area contributed by atoms with Crippen LogP contribution >= 0.6 is 0 Å². The molecule has 2 N–H and O–H groups in total. The molecule has 1 unspecified atom stereocenters. The van der Waals surface area contributed by atoms with Crippen molar-refractivity contribution < 1.29 is 0 Å². The van der Waals surface area contributed by atoms with E-state index < -0.39 is 0 Å². The predicted octanol–water partition coefficient (Wildman–Crippen LogP) is 3.08. The molecule has 2 rings (SSSR count). The van der Waals surface area contributed by atoms with Crippen LogP contribution in [-0.4, -0.2) is 23.1 Å². The Morgan fingerprint density at radius 2 is 1.95 bits per heavy atom. The van der Waals surface area contributed by atoms with Gasteiger partial charge in [0, 0.05) is 18.5 Å². The zero-order chi connectivity index (χ0) is 13.8. The molecule has 0 radical (unpaired) electrons. The first kappa shape index (κ1) is 13.6. The summed E-state index contributed by atoms with van der Waals surface area (Å²) in [6.07, 6.45) is 1.16. The summed E-state index contributed by atoms with van der Waals surface area (Å²) in [7, 11) is 0. The van der Waals surface area contributed by atoms with E-state index in [1.165, 1.54) is 0 Å². The number of para-hydroxylation sites is 1. The van der Waals surface area contributed by atoms with Gasteiger partial charge < -0.3 is 10.6 Å². The number of nitrogen functional groups attached to an aromatic ring is 1. The molecule has 0 bridgehead atoms. The summed E-state index contributed by atoms with van der Waals surface area (Å²) in [4.78, 5) is 11.0. The quantitative estimate of drug-likeness (QED) is 0.895. The van der Waals surface area contributed by atoms with Gasteiger partial charge in [0.05, 0.1) is 5.52 Å². The van der Waals surface area contributed by atoms with Gasteiger partial charge in [-0.15, -0.1) is 0 Å². The number of hydrogen-bond acceptors (Lipinski definition) is 4. The van der Waals surface area contributed by atoms with Crippen LogP contribution in [0.4, 0.5) is 11.8 Å². The third kappa shape index (κ3) is 2.95. The highest BCUT2D eigenvalue weighted by Gasteiger charge is 2.14. The van der Waals surface area contributed by atoms with Gasteiger partial charge in [-0.3, -0.25) is 0 Å². The van der Waals surface area contributed by atoms with E-state index in [4.69, 9.17) is 5.73 Å². The second-order valence-corrected chi connectivity index (χ2v) is 4.97. The van der Waals surface area contributed by atoms with E-state index in [2.05, 4.69) is 41.7 Å². The lowest BCUT2D eigenvalue weighted by atomic mass is 10.1. The maximum absolute atomic E-state index is 5.83. The average Bonchev–Trinajstić information content (AvgIpc) is 2.43. The average molecular weight is 258 g/mol. The van der Waals surface area contributed by atoms with Crippen molar-refractivity contribution in [2.75, 3.05) is 23.7 Å². The summed E-state index contributed by atoms with van der Waals surface area (Å²) in [5.41, 5.74) is 6.74. The van der Waals surface area contributed by atoms with Crippen molar-refractivity contribution in [3.63, 3.8) is 0 Å². The van der Waals surface area contributed by atoms with Gasteiger partial charge in [0.15, 0.2) is 0 Å². The molecule has 0 aliphatic heterocycles. The third-order valence-electron chi connectivity index (χ3n) is 3.51. The van der Waals surface area contributed by atoms with Crippen molar-refractivity contribution in [1.82, 2.24) is 9.97 Å². The second-order valence-electron chi connectivity index (χ2n) is 4.97. The van der Waals surface area contributed by atoms with E-state index in [1.54, 1.807) is 0 Å². The summed E-state index contributed by atoms with van der Waals surface area (Å²) >= 11 is 0. The largest absolute Gasteiger partial charge is 0.368 e. The van der Waals surface area contributed by atoms with Crippen LogP contribution in [0.1, 0.15) is 27.2 Å². The molecule has 0 saturated carbocycles. The number of rotatable bonds is 5. The highest BCUT2D eigenvalue weighted by molar-refractivity contribution is 5.90. The summed E-state index contributed by atoms with van der Waals surface area (Å²) in [6, 6.07) is 8.03. The predicted molar refractivity (Wildman–Crippen MR) is 81.3 cm³/mol. The maximum Gasteiger partial charge on any atom is 0.222 e. The molecular formula is C15H22N4. The Morgan fingerprint density at radius 1 is 1.21 bits per heavy atom. The van der Waals surface area contributed by atoms with Gasteiger partial charge in [-0.05, 0) is 25.0 Å². The molecule has 1 heterocycles. The Hall–Kier alpha value is -1.84. The highest BCUT2D eigenvalue weighted by Crippen LogP contribution is 2.25. The lowest BCUT2D eigenvalue weighted by Crippen LogP contribution is -2.29. The van der Waals surface area contributed by atoms with Gasteiger partial charge in [-0.25, -0.2) is 4.98 Å². The van der Waals surface area contributed by atoms with Gasteiger partial charge in [-0.1, -0.05) is 32.4 Å². The van der Waals surface area contributed by atoms with Crippen LogP contribution in [0.3, 0.4) is 0 Å². The van der Waals surface area contributed by atoms with Crippen molar-refractivity contribution in [3.8, 4) is 0 Å². The van der Waals surface area contributed by atoms with Crippen molar-refractivity contribution in [1.29, 1.82) is 0 Å². The Bertz CT molecular complexity index is 553. The zero-order valence-corrected chi connectivity index (χ0v) is 11.9. The van der Waals surface area contributed by atoms with Gasteiger partial charge >= 0.3 is 0 Å². The van der Waals surface area contributed by atoms with Crippen LogP contribution in [-0.2, 0) is 0 Å². The lowest BCUT2D eigenvalue weighted by molar-refractivity contribution is 0.546. The van der Waals surface area contributed by atoms with Gasteiger partial charge in [0.1, 0.15) is 5.82 Å². The lowest BCUT2D eigenvalue weighted by Gasteiger charge is -2.26. The fourth-order valence-electron chi connectivity index (χ4n) is 2.19. The molecule has 1 aromatic heterocycles. The molecule has 19 heavy (non-hydrogen) atoms. The Labute approximate surface area is 114 Å². The zero-order valence-electron chi connectivity index (χ0n) is 11.9. The normalized spacial score (nSPS) is 12.6. The minimum absolute atomic E-state index is 0.344. The molecule has 0 saturated heterocycles. The van der Waals surface area contributed by atoms with Gasteiger partial charge in [0.2, 0.25) is 5.95 Å². The van der Waals surface area contributed by atoms with Crippen LogP contribution in [0.5, 0.6) is 0 Å². The Balaban J connectivity index is 2.46. The fourth-order valence-corrected chi connectivity index (χ4v) is 2.19. The standard InChI is InChI=1S/C15H22N4/c1-4-11(3)10-19(5-2)14-12-8-6-7-9-13(12)17-15(16)18-14/h6-9,11H,4-5,10H2,1-3H3,(H2,16,17,18). The minimum atomic E-state index is 0.344. The molecule has 102 valence electrons. The molecule has 0 fully saturated rings. The number of hydrogen-bond donors (Lipinski definition) is 1. The molecule has 4 heteroatoms. The number of aromatic nitrogens is 2. The highest BCUT2D eigenvalue weighted by atomic mass is 15.2. The van der Waals surface area contributed by atoms with Gasteiger partial charge in [0.25, 0.3) is 0 Å². The molecule has 4 nitrogen and oxygen atoms in total. The molecule has 0 aliphatic carbocycles. The molecule has 0 aliphatic rings. The SMILES string of the molecule is CCC(C)CN(CC)c1nc(N)nc2ccccc12. The first-order chi connectivity index (χ1) is 9.15. The molecule has 0 amide bonds. The molecule has 2 aromatic rings. The maximum atomic E-state index is 5.83. The van der Waals surface area contributed by atoms with E-state index in [0.29, 0.717) is 11.9 Å². The first-order valence-corrected chi connectivity index (χ1v) is 6.92. The summed E-state index contributed by atoms with van der Waals surface area (Å²) in [5.74, 6) is 1.93. The Morgan fingerprint density at radius 3 is 2.63 bits per heavy atom. The van der Waals surface area contributed by atoms with Crippen LogP contribution < -0.4 is 10.6 Å². The topological polar surface area (TPSA) is 55.0 Å². The van der Waals surface area contributed by atoms with Crippen LogP contribution in [0.25, 0.3) is 10.9 Å². The van der Waals surface area contributed by atoms with E-state index in [0.717, 1.165) is 36.2 Å². The van der Waals surface area contributed by atoms with Crippen LogP contribution in [0.2, 0.25) is 0 Å². The summed E-state index contributed by atoms with van der Waals surface area (Å²) < 4.78 is 0.